The highest BCUT2D eigenvalue weighted by Gasteiger charge is 2.32. The van der Waals surface area contributed by atoms with Crippen molar-refractivity contribution in [2.45, 2.75) is 33.2 Å². The molecule has 10 nitrogen and oxygen atoms in total. The van der Waals surface area contributed by atoms with Gasteiger partial charge in [-0.3, -0.25) is 14.4 Å². The lowest BCUT2D eigenvalue weighted by atomic mass is 10.1. The van der Waals surface area contributed by atoms with Gasteiger partial charge in [0.25, 0.3) is 11.8 Å². The number of H-pyrrole nitrogens is 1. The average Bonchev–Trinajstić information content (AvgIpc) is 3.58. The Hall–Kier alpha value is -4.34. The Bertz CT molecular complexity index is 1420. The number of carbonyl (C=O) groups excluding carboxylic acids is 3. The van der Waals surface area contributed by atoms with Crippen molar-refractivity contribution in [1.82, 2.24) is 20.1 Å². The van der Waals surface area contributed by atoms with Crippen LogP contribution in [0.15, 0.2) is 34.9 Å². The van der Waals surface area contributed by atoms with Crippen molar-refractivity contribution in [2.24, 2.45) is 0 Å². The maximum atomic E-state index is 13.3. The van der Waals surface area contributed by atoms with E-state index in [1.54, 1.807) is 55.2 Å². The number of rotatable bonds is 7. The van der Waals surface area contributed by atoms with Crippen molar-refractivity contribution in [3.05, 3.63) is 58.6 Å². The van der Waals surface area contributed by atoms with Crippen molar-refractivity contribution in [1.29, 1.82) is 5.41 Å². The number of aromatic amines is 1. The predicted octanol–water partition coefficient (Wildman–Crippen LogP) is 3.50. The smallest absolute Gasteiger partial charge is 0.255 e. The van der Waals surface area contributed by atoms with Gasteiger partial charge in [0.2, 0.25) is 5.91 Å². The van der Waals surface area contributed by atoms with Gasteiger partial charge in [-0.25, -0.2) is 0 Å². The third-order valence-electron chi connectivity index (χ3n) is 6.87. The fraction of sp³-hybridized carbons (Fsp3) is 0.333. The second kappa shape index (κ2) is 10.3. The number of ether oxygens (including phenoxy) is 1. The largest absolute Gasteiger partial charge is 0.460 e. The number of hydrogen-bond acceptors (Lipinski definition) is 6. The van der Waals surface area contributed by atoms with Crippen molar-refractivity contribution < 1.29 is 23.5 Å². The van der Waals surface area contributed by atoms with Crippen LogP contribution >= 0.6 is 0 Å². The average molecular weight is 506 g/mol. The number of likely N-dealkylation sites (N-methyl/N-ethyl adjacent to an activating group) is 1. The van der Waals surface area contributed by atoms with Crippen LogP contribution in [0.25, 0.3) is 16.7 Å². The summed E-state index contributed by atoms with van der Waals surface area (Å²) in [7, 11) is 3.32. The summed E-state index contributed by atoms with van der Waals surface area (Å²) < 4.78 is 11.9. The molecule has 3 aromatic rings. The minimum absolute atomic E-state index is 0.000875. The number of likely N-dealkylation sites (tertiary alicyclic amines) is 1. The lowest BCUT2D eigenvalue weighted by molar-refractivity contribution is -0.129. The van der Waals surface area contributed by atoms with E-state index in [1.807, 2.05) is 6.92 Å². The minimum Gasteiger partial charge on any atom is -0.460 e. The van der Waals surface area contributed by atoms with Gasteiger partial charge in [-0.05, 0) is 38.0 Å². The van der Waals surface area contributed by atoms with Gasteiger partial charge in [0.15, 0.2) is 5.76 Å². The first-order valence-corrected chi connectivity index (χ1v) is 12.0. The van der Waals surface area contributed by atoms with E-state index < -0.39 is 0 Å². The lowest BCUT2D eigenvalue weighted by Crippen LogP contribution is -2.39. The molecular formula is C27H31N5O5. The zero-order valence-electron chi connectivity index (χ0n) is 21.6. The molecule has 37 heavy (non-hydrogen) atoms. The van der Waals surface area contributed by atoms with E-state index in [1.165, 1.54) is 13.0 Å². The molecule has 1 unspecified atom stereocenters. The third kappa shape index (κ3) is 4.87. The summed E-state index contributed by atoms with van der Waals surface area (Å²) in [5, 5.41) is 10.9. The summed E-state index contributed by atoms with van der Waals surface area (Å²) in [4.78, 5) is 43.8. The number of benzene rings is 1. The number of furan rings is 1. The molecule has 0 saturated carbocycles. The summed E-state index contributed by atoms with van der Waals surface area (Å²) in [5.74, 6) is 0.939. The van der Waals surface area contributed by atoms with Crippen LogP contribution in [0.2, 0.25) is 0 Å². The Kier molecular flexibility index (Phi) is 7.19. The van der Waals surface area contributed by atoms with Crippen LogP contribution in [0.1, 0.15) is 51.1 Å². The zero-order chi connectivity index (χ0) is 26.9. The molecule has 3 amide bonds. The number of hydrogen-bond donors (Lipinski definition) is 3. The van der Waals surface area contributed by atoms with E-state index in [4.69, 9.17) is 14.6 Å². The highest BCUT2D eigenvalue weighted by atomic mass is 16.5. The van der Waals surface area contributed by atoms with Gasteiger partial charge in [-0.1, -0.05) is 0 Å². The molecule has 0 spiro atoms. The molecule has 1 aliphatic heterocycles. The molecule has 10 heteroatoms. The normalized spacial score (nSPS) is 15.6. The summed E-state index contributed by atoms with van der Waals surface area (Å²) in [6.45, 7) is 6.13. The van der Waals surface area contributed by atoms with Gasteiger partial charge in [-0.15, -0.1) is 0 Å². The first kappa shape index (κ1) is 25.7. The van der Waals surface area contributed by atoms with Crippen molar-refractivity contribution >= 4 is 40.7 Å². The van der Waals surface area contributed by atoms with Crippen molar-refractivity contribution in [2.75, 3.05) is 27.2 Å². The third-order valence-corrected chi connectivity index (χ3v) is 6.87. The molecule has 3 heterocycles. The predicted molar refractivity (Wildman–Crippen MR) is 140 cm³/mol. The first-order chi connectivity index (χ1) is 17.7. The van der Waals surface area contributed by atoms with E-state index >= 15 is 0 Å². The Labute approximate surface area is 214 Å². The number of amides is 3. The van der Waals surface area contributed by atoms with Crippen LogP contribution in [0.5, 0.6) is 5.75 Å². The molecule has 1 saturated heterocycles. The second-order valence-electron chi connectivity index (χ2n) is 9.10. The summed E-state index contributed by atoms with van der Waals surface area (Å²) >= 11 is 0. The Morgan fingerprint density at radius 2 is 2.05 bits per heavy atom. The van der Waals surface area contributed by atoms with Gasteiger partial charge in [-0.2, -0.15) is 0 Å². The SMILES string of the molecule is CNC(=O)c1c(C)oc2cc(O/C(=C/C=N)c3[nH]cc(C(=O)N4CCC(N(C)C(C)=O)C4)c3C)ccc12. The molecule has 0 aliphatic carbocycles. The summed E-state index contributed by atoms with van der Waals surface area (Å²) in [6, 6.07) is 5.17. The first-order valence-electron chi connectivity index (χ1n) is 12.0. The fourth-order valence-electron chi connectivity index (χ4n) is 4.68. The molecular weight excluding hydrogens is 474 g/mol. The number of carbonyl (C=O) groups is 3. The standard InChI is InChI=1S/C27H31N5O5/c1-15-21(27(35)32-11-9-18(14-32)31(5)17(3)33)13-30-25(15)22(8-10-28)37-19-6-7-20-23(12-19)36-16(2)24(20)26(34)29-4/h6-8,10,12-13,18,28,30H,9,11,14H2,1-5H3,(H,29,34)/b22-8+,28-10?. The fourth-order valence-corrected chi connectivity index (χ4v) is 4.68. The van der Waals surface area contributed by atoms with Crippen LogP contribution in [0.4, 0.5) is 0 Å². The van der Waals surface area contributed by atoms with Crippen molar-refractivity contribution in [3.63, 3.8) is 0 Å². The molecule has 2 aromatic heterocycles. The van der Waals surface area contributed by atoms with Crippen LogP contribution in [0, 0.1) is 19.3 Å². The molecule has 4 rings (SSSR count). The molecule has 194 valence electrons. The van der Waals surface area contributed by atoms with E-state index in [2.05, 4.69) is 10.3 Å². The number of nitrogens with one attached hydrogen (secondary N) is 3. The molecule has 1 atom stereocenters. The van der Waals surface area contributed by atoms with Gasteiger partial charge >= 0.3 is 0 Å². The van der Waals surface area contributed by atoms with Gasteiger partial charge in [0.05, 0.1) is 22.9 Å². The number of aromatic nitrogens is 1. The van der Waals surface area contributed by atoms with E-state index in [0.29, 0.717) is 63.7 Å². The molecule has 1 aliphatic rings. The summed E-state index contributed by atoms with van der Waals surface area (Å²) in [5.41, 5.74) is 2.75. The quantitative estimate of drug-likeness (QED) is 0.334. The topological polar surface area (TPSA) is 132 Å². The Morgan fingerprint density at radius 3 is 2.73 bits per heavy atom. The maximum Gasteiger partial charge on any atom is 0.255 e. The monoisotopic (exact) mass is 505 g/mol. The summed E-state index contributed by atoms with van der Waals surface area (Å²) in [6.07, 6.45) is 4.98. The highest BCUT2D eigenvalue weighted by molar-refractivity contribution is 6.07. The van der Waals surface area contributed by atoms with E-state index in [9.17, 15) is 14.4 Å². The van der Waals surface area contributed by atoms with Crippen LogP contribution in [-0.4, -0.2) is 71.9 Å². The zero-order valence-corrected chi connectivity index (χ0v) is 21.6. The molecule has 0 bridgehead atoms. The van der Waals surface area contributed by atoms with E-state index in [0.717, 1.165) is 12.6 Å². The highest BCUT2D eigenvalue weighted by Crippen LogP contribution is 2.32. The van der Waals surface area contributed by atoms with Gasteiger partial charge < -0.3 is 34.7 Å². The van der Waals surface area contributed by atoms with Crippen LogP contribution in [-0.2, 0) is 4.79 Å². The number of allylic oxidation sites excluding steroid dienone is 1. The Balaban J connectivity index is 1.57. The van der Waals surface area contributed by atoms with E-state index in [-0.39, 0.29) is 23.8 Å². The number of nitrogens with zero attached hydrogens (tertiary/aromatic N) is 2. The van der Waals surface area contributed by atoms with Crippen molar-refractivity contribution in [3.8, 4) is 5.75 Å². The molecule has 3 N–H and O–H groups in total. The Morgan fingerprint density at radius 1 is 1.30 bits per heavy atom. The van der Waals surface area contributed by atoms with Crippen LogP contribution in [0.3, 0.4) is 0 Å². The number of aryl methyl sites for hydroxylation is 1. The van der Waals surface area contributed by atoms with Gasteiger partial charge in [0.1, 0.15) is 17.1 Å². The minimum atomic E-state index is -0.231. The number of fused-ring (bicyclic) bond motifs is 1. The van der Waals surface area contributed by atoms with Gasteiger partial charge in [0, 0.05) is 64.0 Å². The maximum absolute atomic E-state index is 13.3. The lowest BCUT2D eigenvalue weighted by Gasteiger charge is -2.23. The molecule has 1 fully saturated rings. The molecule has 0 radical (unpaired) electrons. The second-order valence-corrected chi connectivity index (χ2v) is 9.10. The van der Waals surface area contributed by atoms with Crippen LogP contribution < -0.4 is 10.1 Å². The molecule has 1 aromatic carbocycles.